The standard InChI is InChI=1S/C20H25N3O6/c1-4-29-17(10-15(12-24)14-8-6-5-7-9-14)21-13(2)18(25)23-16(19(26)27)11-22(3)20(23)28/h5-9,13,16-17,21H,4,10-11H2,1-3H3,(H,26,27)/t13-,16-,17-/m0/s1. The highest BCUT2D eigenvalue weighted by atomic mass is 16.5. The van der Waals surface area contributed by atoms with E-state index in [0.717, 1.165) is 4.90 Å². The summed E-state index contributed by atoms with van der Waals surface area (Å²) in [5.41, 5.74) is 1.06. The number of carbonyl (C=O) groups excluding carboxylic acids is 3. The van der Waals surface area contributed by atoms with Gasteiger partial charge >= 0.3 is 12.0 Å². The molecule has 3 atom stereocenters. The third-order valence-electron chi connectivity index (χ3n) is 4.62. The van der Waals surface area contributed by atoms with Crippen LogP contribution in [0.15, 0.2) is 30.3 Å². The van der Waals surface area contributed by atoms with E-state index in [1.807, 2.05) is 12.0 Å². The van der Waals surface area contributed by atoms with Gasteiger partial charge in [-0.2, -0.15) is 0 Å². The van der Waals surface area contributed by atoms with Crippen LogP contribution in [0.3, 0.4) is 0 Å². The van der Waals surface area contributed by atoms with Crippen LogP contribution in [0.1, 0.15) is 25.8 Å². The van der Waals surface area contributed by atoms with Crippen molar-refractivity contribution in [2.24, 2.45) is 0 Å². The summed E-state index contributed by atoms with van der Waals surface area (Å²) in [6, 6.07) is 6.14. The summed E-state index contributed by atoms with van der Waals surface area (Å²) in [5.74, 6) is -0.0110. The molecule has 9 nitrogen and oxygen atoms in total. The largest absolute Gasteiger partial charge is 0.480 e. The van der Waals surface area contributed by atoms with Crippen LogP contribution in [-0.2, 0) is 19.1 Å². The predicted molar refractivity (Wildman–Crippen MR) is 104 cm³/mol. The number of aliphatic carboxylic acids is 1. The Morgan fingerprint density at radius 1 is 1.34 bits per heavy atom. The van der Waals surface area contributed by atoms with Crippen LogP contribution in [-0.4, -0.2) is 77.3 Å². The maximum Gasteiger partial charge on any atom is 0.328 e. The van der Waals surface area contributed by atoms with Crippen molar-refractivity contribution in [2.75, 3.05) is 20.2 Å². The third-order valence-corrected chi connectivity index (χ3v) is 4.62. The first-order valence-corrected chi connectivity index (χ1v) is 9.28. The van der Waals surface area contributed by atoms with Crippen LogP contribution in [0.5, 0.6) is 0 Å². The molecular formula is C20H25N3O6. The topological polar surface area (TPSA) is 116 Å². The zero-order valence-electron chi connectivity index (χ0n) is 16.6. The number of amides is 3. The van der Waals surface area contributed by atoms with Gasteiger partial charge in [0.05, 0.1) is 12.6 Å². The van der Waals surface area contributed by atoms with Gasteiger partial charge in [0.2, 0.25) is 5.91 Å². The maximum absolute atomic E-state index is 12.8. The minimum absolute atomic E-state index is 0.0758. The molecule has 1 heterocycles. The summed E-state index contributed by atoms with van der Waals surface area (Å²) in [6.07, 6.45) is -0.552. The summed E-state index contributed by atoms with van der Waals surface area (Å²) in [4.78, 5) is 49.8. The summed E-state index contributed by atoms with van der Waals surface area (Å²) in [6.45, 7) is 3.54. The number of rotatable bonds is 9. The number of likely N-dealkylation sites (N-methyl/N-ethyl adjacent to an activating group) is 1. The fourth-order valence-corrected chi connectivity index (χ4v) is 3.14. The van der Waals surface area contributed by atoms with Crippen molar-refractivity contribution in [3.05, 3.63) is 35.9 Å². The molecule has 1 aromatic rings. The number of hydrogen-bond acceptors (Lipinski definition) is 6. The first kappa shape index (κ1) is 22.3. The maximum atomic E-state index is 12.8. The number of ether oxygens (including phenoxy) is 1. The van der Waals surface area contributed by atoms with Crippen LogP contribution in [0.25, 0.3) is 5.57 Å². The number of nitrogens with one attached hydrogen (secondary N) is 1. The number of nitrogens with zero attached hydrogens (tertiary/aromatic N) is 2. The molecule has 2 N–H and O–H groups in total. The lowest BCUT2D eigenvalue weighted by Gasteiger charge is -2.26. The number of carboxylic acid groups (broad SMARTS) is 1. The quantitative estimate of drug-likeness (QED) is 0.466. The molecule has 1 aliphatic rings. The van der Waals surface area contributed by atoms with Crippen molar-refractivity contribution in [3.63, 3.8) is 0 Å². The molecule has 1 fully saturated rings. The van der Waals surface area contributed by atoms with Crippen LogP contribution in [0.2, 0.25) is 0 Å². The Bertz CT molecular complexity index is 806. The number of carbonyl (C=O) groups is 3. The summed E-state index contributed by atoms with van der Waals surface area (Å²) >= 11 is 0. The number of urea groups is 1. The lowest BCUT2D eigenvalue weighted by Crippen LogP contribution is -2.53. The van der Waals surface area contributed by atoms with E-state index in [0.29, 0.717) is 17.7 Å². The lowest BCUT2D eigenvalue weighted by atomic mass is 10.0. The summed E-state index contributed by atoms with van der Waals surface area (Å²) in [7, 11) is 1.44. The van der Waals surface area contributed by atoms with Crippen molar-refractivity contribution in [3.8, 4) is 0 Å². The Morgan fingerprint density at radius 3 is 2.55 bits per heavy atom. The molecule has 1 saturated heterocycles. The van der Waals surface area contributed by atoms with E-state index < -0.39 is 36.2 Å². The highest BCUT2D eigenvalue weighted by Gasteiger charge is 2.45. The van der Waals surface area contributed by atoms with Gasteiger partial charge in [-0.15, -0.1) is 0 Å². The molecule has 0 bridgehead atoms. The van der Waals surface area contributed by atoms with Gasteiger partial charge in [-0.1, -0.05) is 30.3 Å². The molecule has 156 valence electrons. The SMILES string of the molecule is CCO[C@@H](CC(=C=O)c1ccccc1)N[C@@H](C)C(=O)N1C(=O)N(C)C[C@H]1C(=O)O. The van der Waals surface area contributed by atoms with Gasteiger partial charge in [-0.05, 0) is 19.4 Å². The van der Waals surface area contributed by atoms with Crippen molar-refractivity contribution < 1.29 is 29.0 Å². The zero-order valence-corrected chi connectivity index (χ0v) is 16.6. The van der Waals surface area contributed by atoms with Crippen molar-refractivity contribution >= 4 is 29.4 Å². The Kier molecular flexibility index (Phi) is 7.67. The number of carboxylic acids is 1. The van der Waals surface area contributed by atoms with E-state index >= 15 is 0 Å². The molecule has 0 aromatic heterocycles. The van der Waals surface area contributed by atoms with Crippen molar-refractivity contribution in [1.29, 1.82) is 0 Å². The Balaban J connectivity index is 2.13. The average Bonchev–Trinajstić information content (AvgIpc) is 3.01. The lowest BCUT2D eigenvalue weighted by molar-refractivity contribution is -0.147. The normalized spacial score (nSPS) is 18.3. The Morgan fingerprint density at radius 2 is 2.00 bits per heavy atom. The Hall–Kier alpha value is -3.00. The monoisotopic (exact) mass is 403 g/mol. The second-order valence-electron chi connectivity index (χ2n) is 6.71. The molecule has 0 saturated carbocycles. The van der Waals surface area contributed by atoms with Crippen LogP contribution >= 0.6 is 0 Å². The fraction of sp³-hybridized carbons (Fsp3) is 0.450. The minimum Gasteiger partial charge on any atom is -0.480 e. The smallest absolute Gasteiger partial charge is 0.328 e. The molecule has 0 unspecified atom stereocenters. The molecular weight excluding hydrogens is 378 g/mol. The molecule has 29 heavy (non-hydrogen) atoms. The molecule has 1 aliphatic heterocycles. The van der Waals surface area contributed by atoms with E-state index in [2.05, 4.69) is 5.32 Å². The highest BCUT2D eigenvalue weighted by molar-refractivity contribution is 6.02. The van der Waals surface area contributed by atoms with Crippen LogP contribution in [0.4, 0.5) is 4.79 Å². The van der Waals surface area contributed by atoms with E-state index in [4.69, 9.17) is 4.74 Å². The van der Waals surface area contributed by atoms with E-state index in [-0.39, 0.29) is 13.0 Å². The van der Waals surface area contributed by atoms with Crippen LogP contribution < -0.4 is 5.32 Å². The summed E-state index contributed by atoms with van der Waals surface area (Å²) in [5, 5.41) is 12.3. The van der Waals surface area contributed by atoms with Gasteiger partial charge in [0, 0.05) is 25.6 Å². The second-order valence-corrected chi connectivity index (χ2v) is 6.71. The summed E-state index contributed by atoms with van der Waals surface area (Å²) < 4.78 is 5.61. The fourth-order valence-electron chi connectivity index (χ4n) is 3.14. The van der Waals surface area contributed by atoms with Crippen molar-refractivity contribution in [1.82, 2.24) is 15.1 Å². The Labute approximate surface area is 168 Å². The molecule has 0 radical (unpaired) electrons. The third kappa shape index (κ3) is 5.29. The van der Waals surface area contributed by atoms with E-state index in [9.17, 15) is 24.3 Å². The molecule has 3 amide bonds. The molecule has 9 heteroatoms. The van der Waals surface area contributed by atoms with Gasteiger partial charge in [-0.25, -0.2) is 19.3 Å². The van der Waals surface area contributed by atoms with Crippen LogP contribution in [0, 0.1) is 0 Å². The molecule has 0 spiro atoms. The predicted octanol–water partition coefficient (Wildman–Crippen LogP) is 0.980. The van der Waals surface area contributed by atoms with Gasteiger partial charge in [-0.3, -0.25) is 10.1 Å². The average molecular weight is 403 g/mol. The van der Waals surface area contributed by atoms with E-state index in [1.54, 1.807) is 31.2 Å². The minimum atomic E-state index is -1.25. The van der Waals surface area contributed by atoms with Gasteiger partial charge < -0.3 is 14.7 Å². The first-order valence-electron chi connectivity index (χ1n) is 9.28. The second kappa shape index (κ2) is 9.97. The zero-order chi connectivity index (χ0) is 21.6. The highest BCUT2D eigenvalue weighted by Crippen LogP contribution is 2.19. The van der Waals surface area contributed by atoms with Crippen molar-refractivity contribution in [2.45, 2.75) is 38.6 Å². The molecule has 2 rings (SSSR count). The number of hydrogen-bond donors (Lipinski definition) is 2. The number of benzene rings is 1. The number of imide groups is 1. The first-order chi connectivity index (χ1) is 13.8. The van der Waals surface area contributed by atoms with E-state index in [1.165, 1.54) is 18.9 Å². The molecule has 1 aromatic carbocycles. The van der Waals surface area contributed by atoms with Gasteiger partial charge in [0.15, 0.2) is 6.04 Å². The van der Waals surface area contributed by atoms with Gasteiger partial charge in [0.25, 0.3) is 0 Å². The van der Waals surface area contributed by atoms with Gasteiger partial charge in [0.1, 0.15) is 12.2 Å². The molecule has 0 aliphatic carbocycles.